The largest absolute Gasteiger partial charge is 0.309 e. The SMILES string of the molecule is c1ccc(-c2nc(-c3cccc(-n4c5ccc(-c6ccc7c(c6)N(c6ccccc6)c6ccccc6S7)cc5c5c6ccccc6ccc54)c3)nc3c2ccc2ccccc23)cc1. The molecule has 1 aliphatic rings. The predicted octanol–water partition coefficient (Wildman–Crippen LogP) is 16.0. The minimum absolute atomic E-state index is 0.700. The Hall–Kier alpha value is -7.99. The van der Waals surface area contributed by atoms with Gasteiger partial charge >= 0.3 is 0 Å². The molecule has 3 heterocycles. The third-order valence-electron chi connectivity index (χ3n) is 12.5. The van der Waals surface area contributed by atoms with E-state index in [9.17, 15) is 0 Å². The molecule has 0 unspecified atom stereocenters. The van der Waals surface area contributed by atoms with Crippen LogP contribution in [0.25, 0.3) is 93.7 Å². The van der Waals surface area contributed by atoms with Crippen LogP contribution < -0.4 is 4.90 Å². The van der Waals surface area contributed by atoms with Gasteiger partial charge in [-0.2, -0.15) is 0 Å². The normalized spacial score (nSPS) is 12.3. The summed E-state index contributed by atoms with van der Waals surface area (Å²) >= 11 is 1.84. The lowest BCUT2D eigenvalue weighted by Gasteiger charge is -2.33. The highest BCUT2D eigenvalue weighted by atomic mass is 32.2. The number of para-hydroxylation sites is 2. The van der Waals surface area contributed by atoms with Crippen LogP contribution in [0.4, 0.5) is 17.1 Å². The molecule has 0 saturated heterocycles. The summed E-state index contributed by atoms with van der Waals surface area (Å²) in [5, 5.41) is 8.22. The monoisotopic (exact) mass is 820 g/mol. The second kappa shape index (κ2) is 14.3. The van der Waals surface area contributed by atoms with Crippen molar-refractivity contribution in [2.24, 2.45) is 0 Å². The Labute approximate surface area is 368 Å². The third kappa shape index (κ3) is 5.78. The first-order valence-electron chi connectivity index (χ1n) is 21.3. The summed E-state index contributed by atoms with van der Waals surface area (Å²) in [6, 6.07) is 78.6. The van der Waals surface area contributed by atoms with E-state index in [-0.39, 0.29) is 0 Å². The van der Waals surface area contributed by atoms with Crippen molar-refractivity contribution in [1.29, 1.82) is 0 Å². The molecule has 0 spiro atoms. The minimum atomic E-state index is 0.700. The quantitative estimate of drug-likeness (QED) is 0.162. The summed E-state index contributed by atoms with van der Waals surface area (Å²) in [4.78, 5) is 15.6. The van der Waals surface area contributed by atoms with Crippen molar-refractivity contribution in [1.82, 2.24) is 14.5 Å². The molecule has 4 nitrogen and oxygen atoms in total. The zero-order valence-corrected chi connectivity index (χ0v) is 34.8. The second-order valence-corrected chi connectivity index (χ2v) is 17.3. The van der Waals surface area contributed by atoms with Gasteiger partial charge in [-0.3, -0.25) is 0 Å². The molecule has 12 aromatic rings. The Morgan fingerprint density at radius 2 is 1.02 bits per heavy atom. The number of nitrogens with zero attached hydrogens (tertiary/aromatic N) is 4. The standard InChI is InChI=1S/C58H36N4S/c1-3-16-39(17-4-1)56-47-30-26-38-15-8-10-23-46(38)57(47)60-58(59-56)42-18-13-21-44(34-42)62-49-31-28-40(35-48(49)55-45-22-9-7-14-37(45)27-32-51(55)62)41-29-33-54-52(36-41)61(43-19-5-2-6-20-43)50-24-11-12-25-53(50)63-54/h1-36H. The molecule has 0 saturated carbocycles. The highest BCUT2D eigenvalue weighted by Crippen LogP contribution is 2.52. The molecule has 0 radical (unpaired) electrons. The summed E-state index contributed by atoms with van der Waals surface area (Å²) in [6.07, 6.45) is 0. The molecular weight excluding hydrogens is 785 g/mol. The van der Waals surface area contributed by atoms with Crippen LogP contribution in [0.1, 0.15) is 0 Å². The molecule has 5 heteroatoms. The number of aromatic nitrogens is 3. The van der Waals surface area contributed by atoms with Crippen LogP contribution in [-0.4, -0.2) is 14.5 Å². The summed E-state index contributed by atoms with van der Waals surface area (Å²) in [7, 11) is 0. The van der Waals surface area contributed by atoms with Crippen molar-refractivity contribution in [3.63, 3.8) is 0 Å². The maximum absolute atomic E-state index is 5.34. The number of rotatable bonds is 5. The van der Waals surface area contributed by atoms with Crippen molar-refractivity contribution >= 4 is 83.1 Å². The Morgan fingerprint density at radius 3 is 1.89 bits per heavy atom. The van der Waals surface area contributed by atoms with E-state index >= 15 is 0 Å². The van der Waals surface area contributed by atoms with Gasteiger partial charge in [0.2, 0.25) is 0 Å². The molecule has 0 aliphatic carbocycles. The first-order valence-corrected chi connectivity index (χ1v) is 22.1. The molecule has 13 rings (SSSR count). The molecule has 2 aromatic heterocycles. The highest BCUT2D eigenvalue weighted by Gasteiger charge is 2.26. The van der Waals surface area contributed by atoms with Crippen LogP contribution in [-0.2, 0) is 0 Å². The smallest absolute Gasteiger partial charge is 0.160 e. The minimum Gasteiger partial charge on any atom is -0.309 e. The van der Waals surface area contributed by atoms with Gasteiger partial charge in [-0.1, -0.05) is 157 Å². The van der Waals surface area contributed by atoms with Gasteiger partial charge in [0.05, 0.1) is 33.6 Å². The Bertz CT molecular complexity index is 3780. The van der Waals surface area contributed by atoms with Crippen molar-refractivity contribution in [3.8, 4) is 39.5 Å². The zero-order chi connectivity index (χ0) is 41.4. The molecule has 0 bridgehead atoms. The van der Waals surface area contributed by atoms with Gasteiger partial charge in [-0.25, -0.2) is 9.97 Å². The summed E-state index contributed by atoms with van der Waals surface area (Å²) < 4.78 is 2.41. The lowest BCUT2D eigenvalue weighted by molar-refractivity contribution is 1.17. The summed E-state index contributed by atoms with van der Waals surface area (Å²) in [5.74, 6) is 0.700. The van der Waals surface area contributed by atoms with Crippen molar-refractivity contribution in [2.45, 2.75) is 9.79 Å². The maximum Gasteiger partial charge on any atom is 0.160 e. The van der Waals surface area contributed by atoms with Crippen LogP contribution in [0.15, 0.2) is 228 Å². The molecule has 1 aliphatic heterocycles. The van der Waals surface area contributed by atoms with Crippen LogP contribution >= 0.6 is 11.8 Å². The number of hydrogen-bond acceptors (Lipinski definition) is 4. The fourth-order valence-corrected chi connectivity index (χ4v) is 10.7. The maximum atomic E-state index is 5.34. The molecule has 0 N–H and O–H groups in total. The van der Waals surface area contributed by atoms with E-state index in [0.717, 1.165) is 60.9 Å². The fraction of sp³-hybridized carbons (Fsp3) is 0. The van der Waals surface area contributed by atoms with Gasteiger partial charge in [0.15, 0.2) is 5.82 Å². The van der Waals surface area contributed by atoms with E-state index in [2.05, 4.69) is 228 Å². The average molecular weight is 821 g/mol. The van der Waals surface area contributed by atoms with Gasteiger partial charge in [-0.05, 0) is 100 Å². The van der Waals surface area contributed by atoms with Gasteiger partial charge in [0, 0.05) is 53.8 Å². The first-order chi connectivity index (χ1) is 31.2. The van der Waals surface area contributed by atoms with Crippen LogP contribution in [0.5, 0.6) is 0 Å². The van der Waals surface area contributed by atoms with E-state index in [1.165, 1.54) is 53.8 Å². The third-order valence-corrected chi connectivity index (χ3v) is 13.7. The van der Waals surface area contributed by atoms with Gasteiger partial charge < -0.3 is 9.47 Å². The van der Waals surface area contributed by atoms with Crippen LogP contribution in [0.3, 0.4) is 0 Å². The molecule has 63 heavy (non-hydrogen) atoms. The topological polar surface area (TPSA) is 34.0 Å². The Balaban J connectivity index is 0.997. The first kappa shape index (κ1) is 35.7. The average Bonchev–Trinajstić information content (AvgIpc) is 3.70. The van der Waals surface area contributed by atoms with Crippen LogP contribution in [0.2, 0.25) is 0 Å². The van der Waals surface area contributed by atoms with Crippen molar-refractivity contribution < 1.29 is 0 Å². The summed E-state index contributed by atoms with van der Waals surface area (Å²) in [5.41, 5.74) is 13.2. The van der Waals surface area contributed by atoms with E-state index in [0.29, 0.717) is 5.82 Å². The van der Waals surface area contributed by atoms with Gasteiger partial charge in [-0.15, -0.1) is 0 Å². The highest BCUT2D eigenvalue weighted by molar-refractivity contribution is 7.99. The van der Waals surface area contributed by atoms with E-state index in [1.54, 1.807) is 0 Å². The lowest BCUT2D eigenvalue weighted by Crippen LogP contribution is -2.14. The Kier molecular flexibility index (Phi) is 8.11. The van der Waals surface area contributed by atoms with Gasteiger partial charge in [0.1, 0.15) is 0 Å². The molecule has 0 atom stereocenters. The molecule has 0 fully saturated rings. The molecule has 294 valence electrons. The van der Waals surface area contributed by atoms with Crippen molar-refractivity contribution in [3.05, 3.63) is 218 Å². The predicted molar refractivity (Wildman–Crippen MR) is 264 cm³/mol. The van der Waals surface area contributed by atoms with E-state index in [4.69, 9.17) is 9.97 Å². The Morgan fingerprint density at radius 1 is 0.365 bits per heavy atom. The number of benzene rings is 10. The van der Waals surface area contributed by atoms with Crippen LogP contribution in [0, 0.1) is 0 Å². The fourth-order valence-electron chi connectivity index (χ4n) is 9.63. The lowest BCUT2D eigenvalue weighted by atomic mass is 9.99. The van der Waals surface area contributed by atoms with E-state index < -0.39 is 0 Å². The number of fused-ring (bicyclic) bond motifs is 10. The summed E-state index contributed by atoms with van der Waals surface area (Å²) in [6.45, 7) is 0. The van der Waals surface area contributed by atoms with Crippen molar-refractivity contribution in [2.75, 3.05) is 4.90 Å². The number of anilines is 3. The molecule has 0 amide bonds. The van der Waals surface area contributed by atoms with Gasteiger partial charge in [0.25, 0.3) is 0 Å². The molecule has 10 aromatic carbocycles. The number of hydrogen-bond donors (Lipinski definition) is 0. The molecular formula is C58H36N4S. The zero-order valence-electron chi connectivity index (χ0n) is 34.0. The second-order valence-electron chi connectivity index (χ2n) is 16.2. The van der Waals surface area contributed by atoms with E-state index in [1.807, 2.05) is 11.8 Å².